The molecular weight excluding hydrogens is 232 g/mol. The third kappa shape index (κ3) is 3.80. The van der Waals surface area contributed by atoms with Crippen molar-refractivity contribution >= 4 is 0 Å². The van der Waals surface area contributed by atoms with Crippen LogP contribution in [0.1, 0.15) is 38.2 Å². The Morgan fingerprint density at radius 1 is 1.16 bits per heavy atom. The van der Waals surface area contributed by atoms with E-state index in [9.17, 15) is 0 Å². The predicted octanol–water partition coefficient (Wildman–Crippen LogP) is 3.21. The van der Waals surface area contributed by atoms with Crippen molar-refractivity contribution in [2.24, 2.45) is 0 Å². The molecule has 106 valence electrons. The Bertz CT molecular complexity index is 363. The third-order valence-corrected chi connectivity index (χ3v) is 4.57. The molecule has 2 heteroatoms. The van der Waals surface area contributed by atoms with Gasteiger partial charge in [0.1, 0.15) is 0 Å². The van der Waals surface area contributed by atoms with Crippen LogP contribution in [0.25, 0.3) is 0 Å². The molecule has 0 bridgehead atoms. The van der Waals surface area contributed by atoms with Crippen LogP contribution in [-0.2, 0) is 0 Å². The second-order valence-electron chi connectivity index (χ2n) is 5.82. The maximum atomic E-state index is 2.66. The van der Waals surface area contributed by atoms with Crippen LogP contribution in [0.3, 0.4) is 0 Å². The van der Waals surface area contributed by atoms with Crippen LogP contribution in [0, 0.1) is 0 Å². The maximum absolute atomic E-state index is 2.66. The van der Waals surface area contributed by atoms with E-state index in [4.69, 9.17) is 0 Å². The van der Waals surface area contributed by atoms with Gasteiger partial charge in [-0.15, -0.1) is 0 Å². The molecule has 0 N–H and O–H groups in total. The SMILES string of the molecule is CCC1CN(C[C@@H](CC)c2ccccc2)CCN1C. The van der Waals surface area contributed by atoms with Gasteiger partial charge in [-0.3, -0.25) is 4.90 Å². The monoisotopic (exact) mass is 260 g/mol. The van der Waals surface area contributed by atoms with Crippen LogP contribution in [0.15, 0.2) is 30.3 Å². The number of piperazine rings is 1. The summed E-state index contributed by atoms with van der Waals surface area (Å²) in [5, 5.41) is 0. The highest BCUT2D eigenvalue weighted by atomic mass is 15.3. The summed E-state index contributed by atoms with van der Waals surface area (Å²) in [5.41, 5.74) is 1.50. The summed E-state index contributed by atoms with van der Waals surface area (Å²) in [6.45, 7) is 9.49. The first kappa shape index (κ1) is 14.5. The van der Waals surface area contributed by atoms with Crippen molar-refractivity contribution in [3.63, 3.8) is 0 Å². The van der Waals surface area contributed by atoms with Crippen LogP contribution in [0.2, 0.25) is 0 Å². The molecule has 0 amide bonds. The molecule has 1 saturated heterocycles. The van der Waals surface area contributed by atoms with Gasteiger partial charge in [0.05, 0.1) is 0 Å². The van der Waals surface area contributed by atoms with Gasteiger partial charge < -0.3 is 4.90 Å². The Morgan fingerprint density at radius 3 is 2.53 bits per heavy atom. The molecule has 0 radical (unpaired) electrons. The normalized spacial score (nSPS) is 23.4. The Labute approximate surface area is 118 Å². The summed E-state index contributed by atoms with van der Waals surface area (Å²) in [7, 11) is 2.26. The van der Waals surface area contributed by atoms with Gasteiger partial charge in [0.15, 0.2) is 0 Å². The molecule has 0 aliphatic carbocycles. The zero-order valence-electron chi connectivity index (χ0n) is 12.7. The van der Waals surface area contributed by atoms with Gasteiger partial charge in [-0.25, -0.2) is 0 Å². The van der Waals surface area contributed by atoms with Gasteiger partial charge in [-0.2, -0.15) is 0 Å². The van der Waals surface area contributed by atoms with Crippen molar-refractivity contribution in [2.45, 2.75) is 38.6 Å². The van der Waals surface area contributed by atoms with Crippen molar-refractivity contribution in [1.29, 1.82) is 0 Å². The average molecular weight is 260 g/mol. The fourth-order valence-corrected chi connectivity index (χ4v) is 3.12. The molecule has 19 heavy (non-hydrogen) atoms. The second-order valence-corrected chi connectivity index (χ2v) is 5.82. The lowest BCUT2D eigenvalue weighted by atomic mass is 9.95. The molecule has 1 fully saturated rings. The van der Waals surface area contributed by atoms with Crippen molar-refractivity contribution in [2.75, 3.05) is 33.2 Å². The molecule has 1 unspecified atom stereocenters. The fraction of sp³-hybridized carbons (Fsp3) is 0.647. The highest BCUT2D eigenvalue weighted by molar-refractivity contribution is 5.19. The first-order valence-electron chi connectivity index (χ1n) is 7.72. The standard InChI is InChI=1S/C17H28N2/c1-4-15(16-9-7-6-8-10-16)13-19-12-11-18(3)17(5-2)14-19/h6-10,15,17H,4-5,11-14H2,1-3H3/t15-,17?/m1/s1. The quantitative estimate of drug-likeness (QED) is 0.802. The smallest absolute Gasteiger partial charge is 0.0218 e. The predicted molar refractivity (Wildman–Crippen MR) is 82.6 cm³/mol. The molecule has 1 aliphatic rings. The van der Waals surface area contributed by atoms with E-state index >= 15 is 0 Å². The third-order valence-electron chi connectivity index (χ3n) is 4.57. The lowest BCUT2D eigenvalue weighted by molar-refractivity contribution is 0.0883. The van der Waals surface area contributed by atoms with E-state index in [2.05, 4.69) is 61.0 Å². The van der Waals surface area contributed by atoms with Crippen LogP contribution in [-0.4, -0.2) is 49.1 Å². The van der Waals surface area contributed by atoms with Crippen molar-refractivity contribution < 1.29 is 0 Å². The van der Waals surface area contributed by atoms with E-state index < -0.39 is 0 Å². The van der Waals surface area contributed by atoms with Crippen LogP contribution in [0.5, 0.6) is 0 Å². The Kier molecular flexibility index (Phi) is 5.41. The molecule has 1 aliphatic heterocycles. The molecule has 2 atom stereocenters. The topological polar surface area (TPSA) is 6.48 Å². The number of hydrogen-bond donors (Lipinski definition) is 0. The van der Waals surface area contributed by atoms with E-state index in [1.165, 1.54) is 44.6 Å². The van der Waals surface area contributed by atoms with E-state index in [0.717, 1.165) is 6.04 Å². The van der Waals surface area contributed by atoms with Gasteiger partial charge in [-0.1, -0.05) is 44.2 Å². The van der Waals surface area contributed by atoms with Crippen LogP contribution in [0.4, 0.5) is 0 Å². The molecule has 2 nitrogen and oxygen atoms in total. The first-order chi connectivity index (χ1) is 9.24. The summed E-state index contributed by atoms with van der Waals surface area (Å²) in [6.07, 6.45) is 2.49. The molecule has 1 heterocycles. The van der Waals surface area contributed by atoms with Gasteiger partial charge in [0, 0.05) is 32.2 Å². The zero-order chi connectivity index (χ0) is 13.7. The van der Waals surface area contributed by atoms with E-state index in [0.29, 0.717) is 5.92 Å². The molecule has 1 aromatic carbocycles. The van der Waals surface area contributed by atoms with E-state index in [1.807, 2.05) is 0 Å². The molecule has 0 aromatic heterocycles. The average Bonchev–Trinajstić information content (AvgIpc) is 2.47. The Morgan fingerprint density at radius 2 is 1.89 bits per heavy atom. The molecule has 0 saturated carbocycles. The zero-order valence-corrected chi connectivity index (χ0v) is 12.7. The summed E-state index contributed by atoms with van der Waals surface area (Å²) >= 11 is 0. The number of nitrogens with zero attached hydrogens (tertiary/aromatic N) is 2. The molecule has 0 spiro atoms. The lowest BCUT2D eigenvalue weighted by Gasteiger charge is -2.40. The largest absolute Gasteiger partial charge is 0.301 e. The van der Waals surface area contributed by atoms with Gasteiger partial charge in [0.25, 0.3) is 0 Å². The summed E-state index contributed by atoms with van der Waals surface area (Å²) < 4.78 is 0. The number of rotatable bonds is 5. The van der Waals surface area contributed by atoms with Gasteiger partial charge in [-0.05, 0) is 31.4 Å². The second kappa shape index (κ2) is 7.06. The first-order valence-corrected chi connectivity index (χ1v) is 7.72. The van der Waals surface area contributed by atoms with Crippen molar-refractivity contribution in [1.82, 2.24) is 9.80 Å². The lowest BCUT2D eigenvalue weighted by Crippen LogP contribution is -2.51. The van der Waals surface area contributed by atoms with Gasteiger partial charge in [0.2, 0.25) is 0 Å². The number of likely N-dealkylation sites (N-methyl/N-ethyl adjacent to an activating group) is 1. The highest BCUT2D eigenvalue weighted by Gasteiger charge is 2.24. The molecular formula is C17H28N2. The summed E-state index contributed by atoms with van der Waals surface area (Å²) in [4.78, 5) is 5.18. The summed E-state index contributed by atoms with van der Waals surface area (Å²) in [6, 6.07) is 11.7. The number of hydrogen-bond acceptors (Lipinski definition) is 2. The fourth-order valence-electron chi connectivity index (χ4n) is 3.12. The van der Waals surface area contributed by atoms with Crippen LogP contribution >= 0.6 is 0 Å². The van der Waals surface area contributed by atoms with Crippen molar-refractivity contribution in [3.05, 3.63) is 35.9 Å². The van der Waals surface area contributed by atoms with Crippen LogP contribution < -0.4 is 0 Å². The Balaban J connectivity index is 1.96. The minimum Gasteiger partial charge on any atom is -0.301 e. The van der Waals surface area contributed by atoms with E-state index in [-0.39, 0.29) is 0 Å². The van der Waals surface area contributed by atoms with E-state index in [1.54, 1.807) is 0 Å². The Hall–Kier alpha value is -0.860. The molecule has 1 aromatic rings. The minimum atomic E-state index is 0.683. The van der Waals surface area contributed by atoms with Gasteiger partial charge >= 0.3 is 0 Å². The van der Waals surface area contributed by atoms with Crippen molar-refractivity contribution in [3.8, 4) is 0 Å². The summed E-state index contributed by atoms with van der Waals surface area (Å²) in [5.74, 6) is 0.683. The number of benzene rings is 1. The molecule has 2 rings (SSSR count). The minimum absolute atomic E-state index is 0.683. The maximum Gasteiger partial charge on any atom is 0.0218 e. The highest BCUT2D eigenvalue weighted by Crippen LogP contribution is 2.22.